The Morgan fingerprint density at radius 1 is 0.818 bits per heavy atom. The van der Waals surface area contributed by atoms with Gasteiger partial charge in [-0.15, -0.1) is 0 Å². The second-order valence-corrected chi connectivity index (χ2v) is 8.75. The fourth-order valence-electron chi connectivity index (χ4n) is 4.18. The summed E-state index contributed by atoms with van der Waals surface area (Å²) in [6.45, 7) is 0. The maximum absolute atomic E-state index is 2.88. The van der Waals surface area contributed by atoms with Crippen LogP contribution in [-0.2, 0) is 0 Å². The second kappa shape index (κ2) is 6.58. The van der Waals surface area contributed by atoms with Crippen LogP contribution < -0.4 is 4.46 Å². The summed E-state index contributed by atoms with van der Waals surface area (Å²) < 4.78 is 1.55. The molecular weight excluding hydrogens is 333 g/mol. The van der Waals surface area contributed by atoms with Gasteiger partial charge in [0.15, 0.2) is 0 Å². The van der Waals surface area contributed by atoms with Crippen LogP contribution in [0.15, 0.2) is 60.7 Å². The SMILES string of the molecule is c1ccc([Se]C[C@H]2CC[C@@H]3CC[C@@H](c4ccccc4)N32)cc1. The predicted octanol–water partition coefficient (Wildman–Crippen LogP) is 3.80. The van der Waals surface area contributed by atoms with Crippen molar-refractivity contribution in [2.24, 2.45) is 0 Å². The summed E-state index contributed by atoms with van der Waals surface area (Å²) in [5.41, 5.74) is 1.53. The molecule has 2 fully saturated rings. The van der Waals surface area contributed by atoms with Crippen LogP contribution >= 0.6 is 0 Å². The molecule has 0 radical (unpaired) electrons. The number of hydrogen-bond acceptors (Lipinski definition) is 1. The Bertz CT molecular complexity index is 598. The molecular formula is C20H23NSe. The Labute approximate surface area is 139 Å². The van der Waals surface area contributed by atoms with Crippen molar-refractivity contribution in [2.45, 2.75) is 49.1 Å². The molecule has 0 aliphatic carbocycles. The Hall–Kier alpha value is -1.08. The monoisotopic (exact) mass is 357 g/mol. The number of rotatable bonds is 4. The van der Waals surface area contributed by atoms with Crippen LogP contribution in [0.1, 0.15) is 37.3 Å². The molecule has 0 amide bonds. The quantitative estimate of drug-likeness (QED) is 0.753. The molecule has 2 aromatic carbocycles. The first-order valence-electron chi connectivity index (χ1n) is 8.42. The number of hydrogen-bond donors (Lipinski definition) is 0. The van der Waals surface area contributed by atoms with Crippen molar-refractivity contribution in [3.05, 3.63) is 66.2 Å². The van der Waals surface area contributed by atoms with E-state index in [0.717, 1.165) is 12.1 Å². The van der Waals surface area contributed by atoms with E-state index in [-0.39, 0.29) is 0 Å². The van der Waals surface area contributed by atoms with Crippen molar-refractivity contribution in [2.75, 3.05) is 0 Å². The summed E-state index contributed by atoms with van der Waals surface area (Å²) in [5, 5.41) is 1.37. The average Bonchev–Trinajstić information content (AvgIpc) is 3.17. The van der Waals surface area contributed by atoms with Gasteiger partial charge in [0.2, 0.25) is 0 Å². The first-order valence-corrected chi connectivity index (χ1v) is 10.5. The fourth-order valence-corrected chi connectivity index (χ4v) is 6.43. The third kappa shape index (κ3) is 2.88. The molecule has 0 unspecified atom stereocenters. The normalized spacial score (nSPS) is 27.9. The second-order valence-electron chi connectivity index (χ2n) is 6.46. The molecule has 0 saturated carbocycles. The van der Waals surface area contributed by atoms with E-state index in [0.29, 0.717) is 21.0 Å². The molecule has 2 heteroatoms. The van der Waals surface area contributed by atoms with Gasteiger partial charge in [-0.1, -0.05) is 0 Å². The number of benzene rings is 2. The van der Waals surface area contributed by atoms with Crippen molar-refractivity contribution in [3.63, 3.8) is 0 Å². The van der Waals surface area contributed by atoms with Crippen LogP contribution in [0.2, 0.25) is 5.32 Å². The first kappa shape index (κ1) is 14.5. The van der Waals surface area contributed by atoms with E-state index in [1.54, 1.807) is 4.46 Å². The zero-order valence-corrected chi connectivity index (χ0v) is 14.6. The third-order valence-corrected chi connectivity index (χ3v) is 7.61. The van der Waals surface area contributed by atoms with Crippen molar-refractivity contribution in [1.82, 2.24) is 4.90 Å². The van der Waals surface area contributed by atoms with Gasteiger partial charge in [-0.25, -0.2) is 0 Å². The molecule has 0 N–H and O–H groups in total. The van der Waals surface area contributed by atoms with E-state index >= 15 is 0 Å². The summed E-state index contributed by atoms with van der Waals surface area (Å²) in [6.07, 6.45) is 5.57. The molecule has 2 aliphatic rings. The minimum absolute atomic E-state index is 0.616. The summed E-state index contributed by atoms with van der Waals surface area (Å²) in [6, 6.07) is 24.6. The Morgan fingerprint density at radius 2 is 1.50 bits per heavy atom. The molecule has 2 aromatic rings. The molecule has 1 nitrogen and oxygen atoms in total. The number of nitrogens with zero attached hydrogens (tertiary/aromatic N) is 1. The van der Waals surface area contributed by atoms with E-state index in [9.17, 15) is 0 Å². The van der Waals surface area contributed by atoms with Crippen molar-refractivity contribution >= 4 is 19.4 Å². The van der Waals surface area contributed by atoms with E-state index in [1.165, 1.54) is 36.6 Å². The van der Waals surface area contributed by atoms with Gasteiger partial charge in [-0.05, 0) is 0 Å². The van der Waals surface area contributed by atoms with E-state index in [2.05, 4.69) is 65.6 Å². The van der Waals surface area contributed by atoms with Gasteiger partial charge in [0.25, 0.3) is 0 Å². The summed E-state index contributed by atoms with van der Waals surface area (Å²) in [4.78, 5) is 2.88. The molecule has 2 heterocycles. The third-order valence-electron chi connectivity index (χ3n) is 5.18. The van der Waals surface area contributed by atoms with Gasteiger partial charge in [0, 0.05) is 0 Å². The molecule has 2 aliphatic heterocycles. The molecule has 4 rings (SSSR count). The standard InChI is InChI=1S/C20H23NSe/c1-3-7-16(8-4-1)20-14-13-17-11-12-18(21(17)20)15-22-19-9-5-2-6-10-19/h1-10,17-18,20H,11-15H2/t17-,18-,20+/m1/s1. The summed E-state index contributed by atoms with van der Waals surface area (Å²) >= 11 is 0.616. The van der Waals surface area contributed by atoms with E-state index < -0.39 is 0 Å². The van der Waals surface area contributed by atoms with Gasteiger partial charge >= 0.3 is 140 Å². The van der Waals surface area contributed by atoms with Crippen LogP contribution in [-0.4, -0.2) is 31.9 Å². The van der Waals surface area contributed by atoms with Crippen molar-refractivity contribution < 1.29 is 0 Å². The molecule has 114 valence electrons. The molecule has 2 saturated heterocycles. The summed E-state index contributed by atoms with van der Waals surface area (Å²) in [5.74, 6) is 0. The molecule has 22 heavy (non-hydrogen) atoms. The zero-order chi connectivity index (χ0) is 14.8. The Balaban J connectivity index is 1.47. The van der Waals surface area contributed by atoms with Gasteiger partial charge in [-0.2, -0.15) is 0 Å². The minimum atomic E-state index is 0.616. The predicted molar refractivity (Wildman–Crippen MR) is 93.7 cm³/mol. The van der Waals surface area contributed by atoms with Crippen LogP contribution in [0.3, 0.4) is 0 Å². The van der Waals surface area contributed by atoms with E-state index in [1.807, 2.05) is 0 Å². The fraction of sp³-hybridized carbons (Fsp3) is 0.400. The van der Waals surface area contributed by atoms with Crippen LogP contribution in [0.4, 0.5) is 0 Å². The van der Waals surface area contributed by atoms with Gasteiger partial charge < -0.3 is 0 Å². The van der Waals surface area contributed by atoms with Gasteiger partial charge in [-0.3, -0.25) is 0 Å². The summed E-state index contributed by atoms with van der Waals surface area (Å²) in [7, 11) is 0. The topological polar surface area (TPSA) is 3.24 Å². The maximum atomic E-state index is 2.88. The Kier molecular flexibility index (Phi) is 4.34. The van der Waals surface area contributed by atoms with Gasteiger partial charge in [0.1, 0.15) is 0 Å². The Morgan fingerprint density at radius 3 is 2.27 bits per heavy atom. The molecule has 0 bridgehead atoms. The number of fused-ring (bicyclic) bond motifs is 1. The van der Waals surface area contributed by atoms with Crippen LogP contribution in [0.25, 0.3) is 0 Å². The van der Waals surface area contributed by atoms with Crippen LogP contribution in [0.5, 0.6) is 0 Å². The van der Waals surface area contributed by atoms with Gasteiger partial charge in [0.05, 0.1) is 0 Å². The first-order chi connectivity index (χ1) is 10.9. The molecule has 0 aromatic heterocycles. The van der Waals surface area contributed by atoms with Crippen molar-refractivity contribution in [3.8, 4) is 0 Å². The van der Waals surface area contributed by atoms with Crippen LogP contribution in [0, 0.1) is 0 Å². The molecule has 3 atom stereocenters. The average molecular weight is 356 g/mol. The van der Waals surface area contributed by atoms with E-state index in [4.69, 9.17) is 0 Å². The zero-order valence-electron chi connectivity index (χ0n) is 12.9. The van der Waals surface area contributed by atoms with Crippen molar-refractivity contribution in [1.29, 1.82) is 0 Å². The molecule has 0 spiro atoms.